The maximum atomic E-state index is 2.20. The summed E-state index contributed by atoms with van der Waals surface area (Å²) in [5.41, 5.74) is 2.79. The van der Waals surface area contributed by atoms with Gasteiger partial charge in [-0.05, 0) is 10.8 Å². The van der Waals surface area contributed by atoms with Crippen molar-refractivity contribution in [3.63, 3.8) is 0 Å². The molecule has 0 spiro atoms. The Morgan fingerprint density at radius 1 is 0.917 bits per heavy atom. The van der Waals surface area contributed by atoms with Gasteiger partial charge in [-0.3, -0.25) is 0 Å². The summed E-state index contributed by atoms with van der Waals surface area (Å²) in [6.45, 7) is 0. The second-order valence-electron chi connectivity index (χ2n) is 2.79. The highest BCUT2D eigenvalue weighted by atomic mass is 32.1. The van der Waals surface area contributed by atoms with E-state index < -0.39 is 0 Å². The molecule has 0 atom stereocenters. The number of hydrogen-bond acceptors (Lipinski definition) is 1. The van der Waals surface area contributed by atoms with Crippen LogP contribution in [0.3, 0.4) is 0 Å². The number of thiophene rings is 1. The van der Waals surface area contributed by atoms with Crippen LogP contribution in [0.15, 0.2) is 47.2 Å². The number of rotatable bonds is 2. The minimum absolute atomic E-state index is 1.06. The third-order valence-electron chi connectivity index (χ3n) is 1.83. The van der Waals surface area contributed by atoms with Crippen LogP contribution in [0.25, 0.3) is 0 Å². The summed E-state index contributed by atoms with van der Waals surface area (Å²) in [6, 6.07) is 12.7. The molecule has 0 N–H and O–H groups in total. The highest BCUT2D eigenvalue weighted by molar-refractivity contribution is 7.09. The second-order valence-corrected chi connectivity index (χ2v) is 3.57. The summed E-state index contributed by atoms with van der Waals surface area (Å²) in [5, 5.41) is 4.32. The van der Waals surface area contributed by atoms with Gasteiger partial charge in [-0.25, -0.2) is 0 Å². The molecule has 0 nitrogen and oxygen atoms in total. The Hall–Kier alpha value is -1.02. The molecular formula is C10H9BS. The molecule has 2 heteroatoms. The van der Waals surface area contributed by atoms with Gasteiger partial charge in [-0.2, -0.15) is 11.3 Å². The van der Waals surface area contributed by atoms with Crippen molar-refractivity contribution < 1.29 is 0 Å². The smallest absolute Gasteiger partial charge is 0.153 e. The predicted octanol–water partition coefficient (Wildman–Crippen LogP) is 1.14. The molecule has 0 aliphatic rings. The topological polar surface area (TPSA) is 0 Å². The van der Waals surface area contributed by atoms with Gasteiger partial charge in [-0.1, -0.05) is 47.3 Å². The van der Waals surface area contributed by atoms with Crippen molar-refractivity contribution in [3.8, 4) is 0 Å². The molecular weight excluding hydrogens is 163 g/mol. The quantitative estimate of drug-likeness (QED) is 0.596. The van der Waals surface area contributed by atoms with Gasteiger partial charge < -0.3 is 0 Å². The van der Waals surface area contributed by atoms with E-state index in [0.29, 0.717) is 0 Å². The van der Waals surface area contributed by atoms with Crippen LogP contribution in [0, 0.1) is 0 Å². The van der Waals surface area contributed by atoms with E-state index >= 15 is 0 Å². The standard InChI is InChI=1S/C10H9BS/c1-2-4-9(5-3-1)11-10-6-7-12-8-10/h1-8,11H. The van der Waals surface area contributed by atoms with E-state index in [4.69, 9.17) is 0 Å². The first kappa shape index (κ1) is 7.62. The zero-order valence-corrected chi connectivity index (χ0v) is 7.55. The third kappa shape index (κ3) is 1.77. The van der Waals surface area contributed by atoms with Crippen molar-refractivity contribution in [1.82, 2.24) is 0 Å². The first-order valence-corrected chi connectivity index (χ1v) is 4.94. The summed E-state index contributed by atoms with van der Waals surface area (Å²) in [7, 11) is 1.06. The largest absolute Gasteiger partial charge is 0.193 e. The third-order valence-corrected chi connectivity index (χ3v) is 2.56. The average Bonchev–Trinajstić information content (AvgIpc) is 2.59. The van der Waals surface area contributed by atoms with Crippen molar-refractivity contribution in [1.29, 1.82) is 0 Å². The molecule has 0 unspecified atom stereocenters. The highest BCUT2D eigenvalue weighted by Gasteiger charge is 1.96. The fraction of sp³-hybridized carbons (Fsp3) is 0. The molecule has 1 aromatic heterocycles. The molecule has 0 bridgehead atoms. The lowest BCUT2D eigenvalue weighted by Gasteiger charge is -1.94. The first-order valence-electron chi connectivity index (χ1n) is 4.00. The molecule has 0 saturated carbocycles. The van der Waals surface area contributed by atoms with Crippen molar-refractivity contribution >= 4 is 29.5 Å². The summed E-state index contributed by atoms with van der Waals surface area (Å²) in [4.78, 5) is 0. The van der Waals surface area contributed by atoms with Gasteiger partial charge in [0.25, 0.3) is 0 Å². The molecule has 12 heavy (non-hydrogen) atoms. The lowest BCUT2D eigenvalue weighted by Crippen LogP contribution is -2.24. The molecule has 0 amide bonds. The molecule has 58 valence electrons. The van der Waals surface area contributed by atoms with Crippen molar-refractivity contribution in [3.05, 3.63) is 47.2 Å². The maximum Gasteiger partial charge on any atom is 0.193 e. The second kappa shape index (κ2) is 3.59. The Morgan fingerprint density at radius 3 is 2.42 bits per heavy atom. The Kier molecular flexibility index (Phi) is 2.28. The summed E-state index contributed by atoms with van der Waals surface area (Å²) in [6.07, 6.45) is 0. The summed E-state index contributed by atoms with van der Waals surface area (Å²) < 4.78 is 0. The molecule has 0 radical (unpaired) electrons. The molecule has 1 heterocycles. The van der Waals surface area contributed by atoms with E-state index in [1.165, 1.54) is 10.9 Å². The predicted molar refractivity (Wildman–Crippen MR) is 57.2 cm³/mol. The van der Waals surface area contributed by atoms with Crippen LogP contribution in [-0.2, 0) is 0 Å². The first-order chi connectivity index (χ1) is 5.95. The van der Waals surface area contributed by atoms with Gasteiger partial charge in [0.15, 0.2) is 7.28 Å². The summed E-state index contributed by atoms with van der Waals surface area (Å²) >= 11 is 1.76. The fourth-order valence-electron chi connectivity index (χ4n) is 1.22. The normalized spacial score (nSPS) is 9.67. The zero-order valence-electron chi connectivity index (χ0n) is 6.73. The lowest BCUT2D eigenvalue weighted by atomic mass is 9.65. The van der Waals surface area contributed by atoms with E-state index in [2.05, 4.69) is 47.2 Å². The zero-order chi connectivity index (χ0) is 8.23. The van der Waals surface area contributed by atoms with Gasteiger partial charge >= 0.3 is 0 Å². The van der Waals surface area contributed by atoms with Crippen LogP contribution >= 0.6 is 11.3 Å². The molecule has 0 fully saturated rings. The van der Waals surface area contributed by atoms with E-state index in [1.54, 1.807) is 11.3 Å². The molecule has 0 aliphatic heterocycles. The van der Waals surface area contributed by atoms with E-state index in [1.807, 2.05) is 0 Å². The van der Waals surface area contributed by atoms with Crippen LogP contribution in [0.5, 0.6) is 0 Å². The van der Waals surface area contributed by atoms with Crippen LogP contribution in [0.2, 0.25) is 0 Å². The minimum Gasteiger partial charge on any atom is -0.153 e. The minimum atomic E-state index is 1.06. The Bertz CT molecular complexity index is 326. The molecule has 0 aliphatic carbocycles. The summed E-state index contributed by atoms with van der Waals surface area (Å²) in [5.74, 6) is 0. The number of hydrogen-bond donors (Lipinski definition) is 0. The van der Waals surface area contributed by atoms with Crippen molar-refractivity contribution in [2.45, 2.75) is 0 Å². The van der Waals surface area contributed by atoms with E-state index in [9.17, 15) is 0 Å². The fourth-order valence-corrected chi connectivity index (χ4v) is 1.89. The Morgan fingerprint density at radius 2 is 1.75 bits per heavy atom. The van der Waals surface area contributed by atoms with Crippen LogP contribution in [0.1, 0.15) is 0 Å². The highest BCUT2D eigenvalue weighted by Crippen LogP contribution is 1.91. The van der Waals surface area contributed by atoms with Crippen LogP contribution < -0.4 is 10.9 Å². The SMILES string of the molecule is B(c1ccccc1)c1ccsc1. The Balaban J connectivity index is 2.15. The Labute approximate surface area is 77.1 Å². The molecule has 2 aromatic rings. The number of benzene rings is 1. The molecule has 1 aromatic carbocycles. The van der Waals surface area contributed by atoms with Gasteiger partial charge in [0.1, 0.15) is 0 Å². The van der Waals surface area contributed by atoms with E-state index in [0.717, 1.165) is 7.28 Å². The molecule has 2 rings (SSSR count). The monoisotopic (exact) mass is 172 g/mol. The lowest BCUT2D eigenvalue weighted by molar-refractivity contribution is 1.77. The van der Waals surface area contributed by atoms with Crippen LogP contribution in [-0.4, -0.2) is 7.28 Å². The average molecular weight is 172 g/mol. The van der Waals surface area contributed by atoms with Crippen molar-refractivity contribution in [2.24, 2.45) is 0 Å². The van der Waals surface area contributed by atoms with Crippen molar-refractivity contribution in [2.75, 3.05) is 0 Å². The van der Waals surface area contributed by atoms with Gasteiger partial charge in [0.2, 0.25) is 0 Å². The molecule has 0 saturated heterocycles. The maximum absolute atomic E-state index is 2.20. The van der Waals surface area contributed by atoms with E-state index in [-0.39, 0.29) is 0 Å². The van der Waals surface area contributed by atoms with Gasteiger partial charge in [0.05, 0.1) is 0 Å². The van der Waals surface area contributed by atoms with Gasteiger partial charge in [-0.15, -0.1) is 0 Å². The van der Waals surface area contributed by atoms with Crippen LogP contribution in [0.4, 0.5) is 0 Å². The van der Waals surface area contributed by atoms with Gasteiger partial charge in [0, 0.05) is 0 Å².